The molecule has 0 spiro atoms. The smallest absolute Gasteiger partial charge is 0.145 e. The second-order valence-corrected chi connectivity index (χ2v) is 12.2. The van der Waals surface area contributed by atoms with Crippen LogP contribution in [0.25, 0.3) is 60.3 Å². The maximum atomic E-state index is 5.36. The predicted molar refractivity (Wildman–Crippen MR) is 201 cm³/mol. The highest BCUT2D eigenvalue weighted by atomic mass is 15.1. The van der Waals surface area contributed by atoms with Crippen LogP contribution < -0.4 is 5.32 Å². The van der Waals surface area contributed by atoms with Crippen LogP contribution in [0.1, 0.15) is 22.9 Å². The molecule has 0 amide bonds. The van der Waals surface area contributed by atoms with Crippen LogP contribution in [0.5, 0.6) is 0 Å². The molecular weight excluding hydrogens is 583 g/mol. The molecule has 0 aliphatic carbocycles. The van der Waals surface area contributed by atoms with E-state index in [0.29, 0.717) is 0 Å². The Bertz CT molecular complexity index is 2530. The minimum absolute atomic E-state index is 0.235. The quantitative estimate of drug-likeness (QED) is 0.196. The van der Waals surface area contributed by atoms with Crippen LogP contribution in [0.4, 0.5) is 0 Å². The Morgan fingerprint density at radius 2 is 1.10 bits per heavy atom. The van der Waals surface area contributed by atoms with Crippen molar-refractivity contribution >= 4 is 43.7 Å². The number of allylic oxidation sites excluding steroid dienone is 1. The number of aliphatic imine (C=N–C) groups is 1. The highest BCUT2D eigenvalue weighted by molar-refractivity contribution is 6.24. The zero-order valence-corrected chi connectivity index (χ0v) is 26.2. The third kappa shape index (κ3) is 4.94. The molecule has 0 saturated heterocycles. The van der Waals surface area contributed by atoms with Gasteiger partial charge < -0.3 is 5.32 Å². The molecule has 1 atom stereocenters. The number of benzene rings is 7. The van der Waals surface area contributed by atoms with Gasteiger partial charge in [0.25, 0.3) is 0 Å². The second kappa shape index (κ2) is 11.8. The van der Waals surface area contributed by atoms with E-state index in [1.54, 1.807) is 0 Å². The summed E-state index contributed by atoms with van der Waals surface area (Å²) in [6, 6.07) is 56.2. The van der Waals surface area contributed by atoms with Crippen LogP contribution in [-0.2, 0) is 0 Å². The maximum Gasteiger partial charge on any atom is 0.145 e. The number of hydrogen-bond acceptors (Lipinski definition) is 3. The van der Waals surface area contributed by atoms with Gasteiger partial charge in [-0.2, -0.15) is 0 Å². The average molecular weight is 614 g/mol. The lowest BCUT2D eigenvalue weighted by atomic mass is 9.90. The Morgan fingerprint density at radius 3 is 1.90 bits per heavy atom. The monoisotopic (exact) mass is 613 g/mol. The van der Waals surface area contributed by atoms with E-state index in [0.717, 1.165) is 39.2 Å². The lowest BCUT2D eigenvalue weighted by Crippen LogP contribution is -2.25. The van der Waals surface area contributed by atoms with Gasteiger partial charge in [0.1, 0.15) is 6.17 Å². The van der Waals surface area contributed by atoms with Gasteiger partial charge in [-0.25, -0.2) is 0 Å². The van der Waals surface area contributed by atoms with Crippen LogP contribution in [0.2, 0.25) is 0 Å². The van der Waals surface area contributed by atoms with Crippen molar-refractivity contribution in [1.29, 1.82) is 0 Å². The Balaban J connectivity index is 1.22. The van der Waals surface area contributed by atoms with Gasteiger partial charge >= 0.3 is 0 Å². The molecule has 226 valence electrons. The predicted octanol–water partition coefficient (Wildman–Crippen LogP) is 11.0. The maximum absolute atomic E-state index is 5.36. The first-order valence-electron chi connectivity index (χ1n) is 16.3. The number of nitrogens with zero attached hydrogens (tertiary/aromatic N) is 2. The van der Waals surface area contributed by atoms with Crippen LogP contribution in [0.3, 0.4) is 0 Å². The standard InChI is InChI=1S/C45H31N3/c1-2-12-30(13-3-1)45-47-43(28-44(48-45)42-27-33-14-4-5-18-35(33)37-19-7-9-22-40(37)42)41-24-23-36(38-20-6-8-21-39(38)41)32-16-10-15-31(26-32)34-17-11-25-46-29-34/h1-29,45,47H. The molecule has 0 saturated carbocycles. The third-order valence-corrected chi connectivity index (χ3v) is 9.38. The second-order valence-electron chi connectivity index (χ2n) is 12.2. The number of fused-ring (bicyclic) bond motifs is 4. The van der Waals surface area contributed by atoms with Gasteiger partial charge in [0.05, 0.1) is 5.71 Å². The van der Waals surface area contributed by atoms with Gasteiger partial charge in [0, 0.05) is 34.8 Å². The molecule has 1 aromatic heterocycles. The van der Waals surface area contributed by atoms with Crippen LogP contribution in [-0.4, -0.2) is 10.7 Å². The molecule has 48 heavy (non-hydrogen) atoms. The molecule has 1 N–H and O–H groups in total. The molecule has 8 aromatic rings. The van der Waals surface area contributed by atoms with Crippen molar-refractivity contribution in [3.63, 3.8) is 0 Å². The topological polar surface area (TPSA) is 37.3 Å². The first-order valence-corrected chi connectivity index (χ1v) is 16.3. The highest BCUT2D eigenvalue weighted by Crippen LogP contribution is 2.38. The van der Waals surface area contributed by atoms with E-state index in [1.807, 2.05) is 18.5 Å². The van der Waals surface area contributed by atoms with E-state index in [4.69, 9.17) is 4.99 Å². The fraction of sp³-hybridized carbons (Fsp3) is 0.0222. The SMILES string of the molecule is C1=C(c2ccc(-c3cccc(-c4cccnc4)c3)c3ccccc23)NC(c2ccccc2)N=C1c1cc2ccccc2c2ccccc12. The van der Waals surface area contributed by atoms with Gasteiger partial charge in [-0.1, -0.05) is 140 Å². The normalized spacial score (nSPS) is 14.5. The van der Waals surface area contributed by atoms with Gasteiger partial charge in [0.15, 0.2) is 0 Å². The summed E-state index contributed by atoms with van der Waals surface area (Å²) in [6.45, 7) is 0. The van der Waals surface area contributed by atoms with E-state index < -0.39 is 0 Å². The Kier molecular flexibility index (Phi) is 6.87. The Hall–Kier alpha value is -6.32. The molecule has 1 aliphatic heterocycles. The first-order chi connectivity index (χ1) is 23.8. The Labute approximate surface area is 279 Å². The van der Waals surface area contributed by atoms with Crippen molar-refractivity contribution in [1.82, 2.24) is 10.3 Å². The minimum atomic E-state index is -0.235. The lowest BCUT2D eigenvalue weighted by molar-refractivity contribution is 0.664. The molecule has 0 bridgehead atoms. The van der Waals surface area contributed by atoms with Crippen LogP contribution in [0, 0.1) is 0 Å². The first kappa shape index (κ1) is 27.9. The number of nitrogens with one attached hydrogen (secondary N) is 1. The van der Waals surface area contributed by atoms with E-state index in [9.17, 15) is 0 Å². The number of rotatable bonds is 5. The summed E-state index contributed by atoms with van der Waals surface area (Å²) in [6.07, 6.45) is 5.73. The fourth-order valence-corrected chi connectivity index (χ4v) is 7.08. The van der Waals surface area contributed by atoms with E-state index in [-0.39, 0.29) is 6.17 Å². The van der Waals surface area contributed by atoms with Crippen LogP contribution >= 0.6 is 0 Å². The summed E-state index contributed by atoms with van der Waals surface area (Å²) in [5.74, 6) is 0. The van der Waals surface area contributed by atoms with Gasteiger partial charge in [-0.15, -0.1) is 0 Å². The summed E-state index contributed by atoms with van der Waals surface area (Å²) in [5, 5.41) is 11.1. The number of pyridine rings is 1. The summed E-state index contributed by atoms with van der Waals surface area (Å²) < 4.78 is 0. The fourth-order valence-electron chi connectivity index (χ4n) is 7.08. The Morgan fingerprint density at radius 1 is 0.458 bits per heavy atom. The molecule has 3 heteroatoms. The largest absolute Gasteiger partial charge is 0.359 e. The summed E-state index contributed by atoms with van der Waals surface area (Å²) in [7, 11) is 0. The van der Waals surface area contributed by atoms with Crippen molar-refractivity contribution in [2.24, 2.45) is 4.99 Å². The number of aromatic nitrogens is 1. The van der Waals surface area contributed by atoms with Gasteiger partial charge in [0.2, 0.25) is 0 Å². The molecule has 0 radical (unpaired) electrons. The molecular formula is C45H31N3. The summed E-state index contributed by atoms with van der Waals surface area (Å²) in [4.78, 5) is 9.70. The van der Waals surface area contributed by atoms with Crippen molar-refractivity contribution in [2.45, 2.75) is 6.17 Å². The van der Waals surface area contributed by atoms with Crippen LogP contribution in [0.15, 0.2) is 181 Å². The van der Waals surface area contributed by atoms with Crippen molar-refractivity contribution < 1.29 is 0 Å². The van der Waals surface area contributed by atoms with Crippen molar-refractivity contribution in [3.05, 3.63) is 193 Å². The summed E-state index contributed by atoms with van der Waals surface area (Å²) in [5.41, 5.74) is 10.1. The van der Waals surface area contributed by atoms with Crippen molar-refractivity contribution in [3.8, 4) is 22.3 Å². The zero-order valence-electron chi connectivity index (χ0n) is 26.2. The molecule has 7 aromatic carbocycles. The highest BCUT2D eigenvalue weighted by Gasteiger charge is 2.23. The van der Waals surface area contributed by atoms with E-state index in [1.165, 1.54) is 43.4 Å². The van der Waals surface area contributed by atoms with Gasteiger partial charge in [-0.3, -0.25) is 9.98 Å². The summed E-state index contributed by atoms with van der Waals surface area (Å²) >= 11 is 0. The minimum Gasteiger partial charge on any atom is -0.359 e. The number of hydrogen-bond donors (Lipinski definition) is 1. The van der Waals surface area contributed by atoms with E-state index in [2.05, 4.69) is 168 Å². The molecule has 1 aliphatic rings. The molecule has 9 rings (SSSR count). The van der Waals surface area contributed by atoms with Crippen molar-refractivity contribution in [2.75, 3.05) is 0 Å². The zero-order chi connectivity index (χ0) is 31.9. The molecule has 1 unspecified atom stereocenters. The van der Waals surface area contributed by atoms with Gasteiger partial charge in [-0.05, 0) is 78.8 Å². The molecule has 0 fully saturated rings. The third-order valence-electron chi connectivity index (χ3n) is 9.38. The molecule has 3 nitrogen and oxygen atoms in total. The lowest BCUT2D eigenvalue weighted by Gasteiger charge is -2.26. The molecule has 2 heterocycles. The van der Waals surface area contributed by atoms with E-state index >= 15 is 0 Å². The average Bonchev–Trinajstić information content (AvgIpc) is 3.17.